The fourth-order valence-corrected chi connectivity index (χ4v) is 4.01. The summed E-state index contributed by atoms with van der Waals surface area (Å²) in [7, 11) is 0. The number of anilines is 1. The van der Waals surface area contributed by atoms with Crippen LogP contribution in [0.2, 0.25) is 0 Å². The standard InChI is InChI=1S/C22H20N4OS/c1-2-26-12-11-20-18(13-26)21(17-5-3-4-6-19(17)25-20)22(27)24-15-7-9-16(10-8-15)28-14-23/h3-10H,2,11-13H2,1H3,(H,24,27). The molecule has 1 N–H and O–H groups in total. The van der Waals surface area contributed by atoms with E-state index in [4.69, 9.17) is 10.2 Å². The Kier molecular flexibility index (Phi) is 5.29. The maximum Gasteiger partial charge on any atom is 0.256 e. The summed E-state index contributed by atoms with van der Waals surface area (Å²) < 4.78 is 0. The Bertz CT molecular complexity index is 1070. The number of hydrogen-bond donors (Lipinski definition) is 1. The molecule has 1 aromatic heterocycles. The second-order valence-corrected chi connectivity index (χ2v) is 7.58. The second kappa shape index (κ2) is 8.01. The maximum absolute atomic E-state index is 13.3. The third-order valence-electron chi connectivity index (χ3n) is 5.08. The van der Waals surface area contributed by atoms with Gasteiger partial charge in [-0.1, -0.05) is 25.1 Å². The van der Waals surface area contributed by atoms with Crippen LogP contribution in [-0.4, -0.2) is 28.9 Å². The maximum atomic E-state index is 13.3. The number of nitriles is 1. The molecule has 0 bridgehead atoms. The van der Waals surface area contributed by atoms with Crippen LogP contribution >= 0.6 is 11.8 Å². The molecule has 0 aliphatic carbocycles. The van der Waals surface area contributed by atoms with Crippen molar-refractivity contribution in [3.05, 3.63) is 65.4 Å². The van der Waals surface area contributed by atoms with E-state index in [-0.39, 0.29) is 5.91 Å². The Morgan fingerprint density at radius 3 is 2.79 bits per heavy atom. The van der Waals surface area contributed by atoms with Crippen molar-refractivity contribution in [1.82, 2.24) is 9.88 Å². The summed E-state index contributed by atoms with van der Waals surface area (Å²) in [5.41, 5.74) is 4.34. The fourth-order valence-electron chi connectivity index (χ4n) is 3.63. The molecule has 1 aliphatic rings. The zero-order chi connectivity index (χ0) is 19.5. The SMILES string of the molecule is CCN1CCc2nc3ccccc3c(C(=O)Nc3ccc(SC#N)cc3)c2C1. The third-order valence-corrected chi connectivity index (χ3v) is 5.67. The number of hydrogen-bond acceptors (Lipinski definition) is 5. The first-order chi connectivity index (χ1) is 13.7. The van der Waals surface area contributed by atoms with E-state index in [9.17, 15) is 4.79 Å². The van der Waals surface area contributed by atoms with Gasteiger partial charge >= 0.3 is 0 Å². The summed E-state index contributed by atoms with van der Waals surface area (Å²) in [6, 6.07) is 15.2. The van der Waals surface area contributed by atoms with Gasteiger partial charge in [0.15, 0.2) is 0 Å². The molecule has 0 atom stereocenters. The number of carbonyl (C=O) groups is 1. The van der Waals surface area contributed by atoms with Gasteiger partial charge in [-0.05, 0) is 48.6 Å². The zero-order valence-electron chi connectivity index (χ0n) is 15.6. The van der Waals surface area contributed by atoms with E-state index in [0.29, 0.717) is 11.3 Å². The molecule has 1 aliphatic heterocycles. The lowest BCUT2D eigenvalue weighted by molar-refractivity contribution is 0.102. The van der Waals surface area contributed by atoms with Crippen LogP contribution in [0.25, 0.3) is 10.9 Å². The van der Waals surface area contributed by atoms with Gasteiger partial charge in [0.25, 0.3) is 5.91 Å². The molecule has 6 heteroatoms. The van der Waals surface area contributed by atoms with Crippen molar-refractivity contribution in [1.29, 1.82) is 5.26 Å². The number of para-hydroxylation sites is 1. The van der Waals surface area contributed by atoms with E-state index in [1.807, 2.05) is 48.5 Å². The first-order valence-electron chi connectivity index (χ1n) is 9.29. The molecule has 0 fully saturated rings. The number of rotatable bonds is 4. The van der Waals surface area contributed by atoms with Crippen LogP contribution < -0.4 is 5.32 Å². The molecular weight excluding hydrogens is 368 g/mol. The molecule has 0 unspecified atom stereocenters. The monoisotopic (exact) mass is 388 g/mol. The van der Waals surface area contributed by atoms with Crippen LogP contribution in [0.4, 0.5) is 5.69 Å². The molecule has 2 heterocycles. The Labute approximate surface area is 168 Å². The second-order valence-electron chi connectivity index (χ2n) is 6.72. The average molecular weight is 388 g/mol. The fraction of sp³-hybridized carbons (Fsp3) is 0.227. The molecule has 28 heavy (non-hydrogen) atoms. The minimum atomic E-state index is -0.117. The van der Waals surface area contributed by atoms with Crippen molar-refractivity contribution in [2.75, 3.05) is 18.4 Å². The van der Waals surface area contributed by atoms with Gasteiger partial charge in [0, 0.05) is 46.7 Å². The number of thiocyanates is 1. The highest BCUT2D eigenvalue weighted by Crippen LogP contribution is 2.29. The predicted molar refractivity (Wildman–Crippen MR) is 112 cm³/mol. The van der Waals surface area contributed by atoms with E-state index >= 15 is 0 Å². The quantitative estimate of drug-likeness (QED) is 0.529. The van der Waals surface area contributed by atoms with Crippen LogP contribution in [0.15, 0.2) is 53.4 Å². The van der Waals surface area contributed by atoms with Gasteiger partial charge < -0.3 is 5.32 Å². The van der Waals surface area contributed by atoms with Crippen molar-refractivity contribution < 1.29 is 4.79 Å². The summed E-state index contributed by atoms with van der Waals surface area (Å²) in [5.74, 6) is -0.117. The van der Waals surface area contributed by atoms with Crippen molar-refractivity contribution >= 4 is 34.3 Å². The van der Waals surface area contributed by atoms with Crippen molar-refractivity contribution in [2.24, 2.45) is 0 Å². The third kappa shape index (κ3) is 3.59. The topological polar surface area (TPSA) is 69.0 Å². The van der Waals surface area contributed by atoms with Crippen molar-refractivity contribution in [3.63, 3.8) is 0 Å². The Hall–Kier alpha value is -2.88. The van der Waals surface area contributed by atoms with E-state index in [1.54, 1.807) is 0 Å². The molecule has 5 nitrogen and oxygen atoms in total. The molecule has 3 aromatic rings. The zero-order valence-corrected chi connectivity index (χ0v) is 16.4. The minimum Gasteiger partial charge on any atom is -0.322 e. The Morgan fingerprint density at radius 1 is 1.25 bits per heavy atom. The molecular formula is C22H20N4OS. The molecule has 0 saturated carbocycles. The number of likely N-dealkylation sites (N-methyl/N-ethyl adjacent to an activating group) is 1. The lowest BCUT2D eigenvalue weighted by Gasteiger charge is -2.29. The number of pyridine rings is 1. The molecule has 1 amide bonds. The number of fused-ring (bicyclic) bond motifs is 2. The summed E-state index contributed by atoms with van der Waals surface area (Å²) in [5, 5.41) is 14.7. The normalized spacial score (nSPS) is 13.7. The highest BCUT2D eigenvalue weighted by atomic mass is 32.2. The number of amides is 1. The Balaban J connectivity index is 1.74. The van der Waals surface area contributed by atoms with Crippen LogP contribution in [0.1, 0.15) is 28.5 Å². The van der Waals surface area contributed by atoms with Gasteiger partial charge in [0.05, 0.1) is 11.1 Å². The Morgan fingerprint density at radius 2 is 2.04 bits per heavy atom. The first kappa shape index (κ1) is 18.5. The first-order valence-corrected chi connectivity index (χ1v) is 10.1. The summed E-state index contributed by atoms with van der Waals surface area (Å²) in [4.78, 5) is 21.3. The van der Waals surface area contributed by atoms with Gasteiger partial charge in [0.1, 0.15) is 5.40 Å². The van der Waals surface area contributed by atoms with Gasteiger partial charge in [0.2, 0.25) is 0 Å². The van der Waals surface area contributed by atoms with Crippen molar-refractivity contribution in [2.45, 2.75) is 24.8 Å². The number of carbonyl (C=O) groups excluding carboxylic acids is 1. The lowest BCUT2D eigenvalue weighted by atomic mass is 9.95. The number of aromatic nitrogens is 1. The van der Waals surface area contributed by atoms with E-state index in [0.717, 1.165) is 64.9 Å². The lowest BCUT2D eigenvalue weighted by Crippen LogP contribution is -2.33. The van der Waals surface area contributed by atoms with Gasteiger partial charge in [-0.25, -0.2) is 0 Å². The van der Waals surface area contributed by atoms with Crippen LogP contribution in [0.3, 0.4) is 0 Å². The number of benzene rings is 2. The van der Waals surface area contributed by atoms with Gasteiger partial charge in [-0.15, -0.1) is 0 Å². The minimum absolute atomic E-state index is 0.117. The van der Waals surface area contributed by atoms with Gasteiger partial charge in [-0.2, -0.15) is 5.26 Å². The number of nitrogens with zero attached hydrogens (tertiary/aromatic N) is 3. The molecule has 2 aromatic carbocycles. The molecule has 140 valence electrons. The molecule has 4 rings (SSSR count). The average Bonchev–Trinajstić information content (AvgIpc) is 2.73. The molecule has 0 radical (unpaired) electrons. The highest BCUT2D eigenvalue weighted by molar-refractivity contribution is 8.03. The van der Waals surface area contributed by atoms with Crippen LogP contribution in [0, 0.1) is 10.7 Å². The summed E-state index contributed by atoms with van der Waals surface area (Å²) in [6.07, 6.45) is 0.856. The van der Waals surface area contributed by atoms with E-state index in [1.165, 1.54) is 0 Å². The molecule has 0 spiro atoms. The van der Waals surface area contributed by atoms with Crippen molar-refractivity contribution in [3.8, 4) is 5.40 Å². The van der Waals surface area contributed by atoms with Crippen LogP contribution in [0.5, 0.6) is 0 Å². The number of nitrogens with one attached hydrogen (secondary N) is 1. The smallest absolute Gasteiger partial charge is 0.256 e. The van der Waals surface area contributed by atoms with E-state index in [2.05, 4.69) is 22.5 Å². The molecule has 0 saturated heterocycles. The number of thioether (sulfide) groups is 1. The summed E-state index contributed by atoms with van der Waals surface area (Å²) >= 11 is 1.10. The summed E-state index contributed by atoms with van der Waals surface area (Å²) in [6.45, 7) is 4.80. The highest BCUT2D eigenvalue weighted by Gasteiger charge is 2.25. The van der Waals surface area contributed by atoms with Crippen LogP contribution in [-0.2, 0) is 13.0 Å². The predicted octanol–water partition coefficient (Wildman–Crippen LogP) is 4.44. The largest absolute Gasteiger partial charge is 0.322 e. The van der Waals surface area contributed by atoms with Gasteiger partial charge in [-0.3, -0.25) is 14.7 Å². The van der Waals surface area contributed by atoms with E-state index < -0.39 is 0 Å².